The molecule has 4 nitrogen and oxygen atoms in total. The van der Waals surface area contributed by atoms with Gasteiger partial charge in [0.15, 0.2) is 0 Å². The molecule has 0 spiro atoms. The van der Waals surface area contributed by atoms with E-state index in [1.165, 1.54) is 19.0 Å². The van der Waals surface area contributed by atoms with Gasteiger partial charge in [0.05, 0.1) is 12.2 Å². The maximum atomic E-state index is 11.2. The summed E-state index contributed by atoms with van der Waals surface area (Å²) in [5.41, 5.74) is 0. The molecule has 0 radical (unpaired) electrons. The molecule has 1 aromatic rings. The third-order valence-electron chi connectivity index (χ3n) is 2.64. The van der Waals surface area contributed by atoms with Crippen LogP contribution in [0, 0.1) is 0 Å². The third-order valence-corrected chi connectivity index (χ3v) is 5.01. The van der Waals surface area contributed by atoms with Gasteiger partial charge < -0.3 is 0 Å². The zero-order valence-electron chi connectivity index (χ0n) is 7.86. The van der Waals surface area contributed by atoms with Gasteiger partial charge in [-0.1, -0.05) is 12.8 Å². The highest BCUT2D eigenvalue weighted by Gasteiger charge is 2.25. The molecule has 7 heteroatoms. The van der Waals surface area contributed by atoms with E-state index in [4.69, 9.17) is 10.7 Å². The second-order valence-corrected chi connectivity index (χ2v) is 6.91. The molecule has 1 fully saturated rings. The smallest absolute Gasteiger partial charge is 0.254 e. The fraction of sp³-hybridized carbons (Fsp3) is 0.625. The number of aromatic nitrogens is 2. The minimum atomic E-state index is -3.70. The Balaban J connectivity index is 2.39. The van der Waals surface area contributed by atoms with Crippen LogP contribution in [-0.4, -0.2) is 18.2 Å². The second-order valence-electron chi connectivity index (χ2n) is 3.62. The highest BCUT2D eigenvalue weighted by Crippen LogP contribution is 2.34. The highest BCUT2D eigenvalue weighted by atomic mass is 79.9. The van der Waals surface area contributed by atoms with E-state index in [1.54, 1.807) is 4.68 Å². The Morgan fingerprint density at radius 2 is 2.07 bits per heavy atom. The van der Waals surface area contributed by atoms with E-state index < -0.39 is 9.05 Å². The van der Waals surface area contributed by atoms with E-state index in [9.17, 15) is 8.42 Å². The van der Waals surface area contributed by atoms with Crippen molar-refractivity contribution in [1.29, 1.82) is 0 Å². The zero-order valence-corrected chi connectivity index (χ0v) is 11.0. The van der Waals surface area contributed by atoms with Crippen molar-refractivity contribution in [3.8, 4) is 0 Å². The molecule has 84 valence electrons. The number of rotatable bonds is 2. The predicted molar refractivity (Wildman–Crippen MR) is 60.5 cm³/mol. The van der Waals surface area contributed by atoms with Crippen LogP contribution in [-0.2, 0) is 9.05 Å². The highest BCUT2D eigenvalue weighted by molar-refractivity contribution is 9.10. The van der Waals surface area contributed by atoms with Gasteiger partial charge in [0.1, 0.15) is 9.50 Å². The van der Waals surface area contributed by atoms with Gasteiger partial charge in [-0.3, -0.25) is 4.68 Å². The van der Waals surface area contributed by atoms with Crippen molar-refractivity contribution in [2.75, 3.05) is 0 Å². The molecule has 0 atom stereocenters. The predicted octanol–water partition coefficient (Wildman–Crippen LogP) is 2.69. The van der Waals surface area contributed by atoms with E-state index in [-0.39, 0.29) is 4.90 Å². The van der Waals surface area contributed by atoms with E-state index >= 15 is 0 Å². The van der Waals surface area contributed by atoms with Crippen LogP contribution >= 0.6 is 26.6 Å². The molecule has 1 aliphatic carbocycles. The maximum absolute atomic E-state index is 11.2. The van der Waals surface area contributed by atoms with Crippen molar-refractivity contribution in [3.05, 3.63) is 10.8 Å². The lowest BCUT2D eigenvalue weighted by atomic mass is 10.3. The number of nitrogens with zero attached hydrogens (tertiary/aromatic N) is 2. The van der Waals surface area contributed by atoms with E-state index in [1.807, 2.05) is 0 Å². The van der Waals surface area contributed by atoms with Crippen molar-refractivity contribution in [1.82, 2.24) is 9.78 Å². The summed E-state index contributed by atoms with van der Waals surface area (Å²) in [6.45, 7) is 0. The van der Waals surface area contributed by atoms with Crippen molar-refractivity contribution in [3.63, 3.8) is 0 Å². The Morgan fingerprint density at radius 3 is 2.53 bits per heavy atom. The molecule has 0 aliphatic heterocycles. The minimum absolute atomic E-state index is 0.0519. The van der Waals surface area contributed by atoms with E-state index in [0.29, 0.717) is 10.6 Å². The Labute approximate surface area is 101 Å². The molecule has 0 N–H and O–H groups in total. The quantitative estimate of drug-likeness (QED) is 0.789. The van der Waals surface area contributed by atoms with Gasteiger partial charge in [-0.05, 0) is 28.8 Å². The minimum Gasteiger partial charge on any atom is -0.254 e. The van der Waals surface area contributed by atoms with Crippen LogP contribution < -0.4 is 0 Å². The first-order valence-corrected chi connectivity index (χ1v) is 7.78. The molecule has 0 saturated heterocycles. The Hall–Kier alpha value is -0.0700. The summed E-state index contributed by atoms with van der Waals surface area (Å²) in [5.74, 6) is 0. The van der Waals surface area contributed by atoms with Gasteiger partial charge in [-0.2, -0.15) is 5.10 Å². The average molecular weight is 314 g/mol. The van der Waals surface area contributed by atoms with Gasteiger partial charge in [0.25, 0.3) is 9.05 Å². The van der Waals surface area contributed by atoms with Crippen LogP contribution in [0.1, 0.15) is 31.7 Å². The summed E-state index contributed by atoms with van der Waals surface area (Å²) in [7, 11) is 1.57. The van der Waals surface area contributed by atoms with Crippen LogP contribution in [0.15, 0.2) is 15.7 Å². The first-order valence-electron chi connectivity index (χ1n) is 4.68. The summed E-state index contributed by atoms with van der Waals surface area (Å²) in [6, 6.07) is 0.298. The SMILES string of the molecule is O=S(=O)(Cl)c1cnn(C2CCCC2)c1Br. The number of hydrogen-bond acceptors (Lipinski definition) is 3. The van der Waals surface area contributed by atoms with Gasteiger partial charge in [0.2, 0.25) is 0 Å². The maximum Gasteiger partial charge on any atom is 0.265 e. The summed E-state index contributed by atoms with van der Waals surface area (Å²) >= 11 is 3.23. The Morgan fingerprint density at radius 1 is 1.47 bits per heavy atom. The molecule has 0 bridgehead atoms. The summed E-state index contributed by atoms with van der Waals surface area (Å²) in [5, 5.41) is 4.07. The fourth-order valence-electron chi connectivity index (χ4n) is 1.90. The van der Waals surface area contributed by atoms with Crippen molar-refractivity contribution in [2.24, 2.45) is 0 Å². The zero-order chi connectivity index (χ0) is 11.1. The van der Waals surface area contributed by atoms with Crippen LogP contribution in [0.3, 0.4) is 0 Å². The molecule has 1 heterocycles. The first kappa shape index (κ1) is 11.4. The van der Waals surface area contributed by atoms with E-state index in [0.717, 1.165) is 12.8 Å². The monoisotopic (exact) mass is 312 g/mol. The molecule has 1 aliphatic rings. The Bertz CT molecular complexity index is 465. The Kier molecular flexibility index (Phi) is 3.10. The van der Waals surface area contributed by atoms with Gasteiger partial charge in [0, 0.05) is 10.7 Å². The van der Waals surface area contributed by atoms with Crippen LogP contribution in [0.4, 0.5) is 0 Å². The third kappa shape index (κ3) is 2.21. The van der Waals surface area contributed by atoms with Crippen molar-refractivity contribution < 1.29 is 8.42 Å². The average Bonchev–Trinajstić information content (AvgIpc) is 2.69. The topological polar surface area (TPSA) is 52.0 Å². The molecule has 0 amide bonds. The first-order chi connectivity index (χ1) is 7.00. The molecule has 0 unspecified atom stereocenters. The number of halogens is 2. The molecule has 2 rings (SSSR count). The van der Waals surface area contributed by atoms with Crippen molar-refractivity contribution in [2.45, 2.75) is 36.6 Å². The summed E-state index contributed by atoms with van der Waals surface area (Å²) < 4.78 is 24.5. The molecule has 0 aromatic carbocycles. The lowest BCUT2D eigenvalue weighted by Gasteiger charge is -2.10. The van der Waals surface area contributed by atoms with Crippen LogP contribution in [0.2, 0.25) is 0 Å². The van der Waals surface area contributed by atoms with Gasteiger partial charge in [-0.25, -0.2) is 8.42 Å². The van der Waals surface area contributed by atoms with Gasteiger partial charge >= 0.3 is 0 Å². The van der Waals surface area contributed by atoms with Gasteiger partial charge in [-0.15, -0.1) is 0 Å². The molecule has 1 saturated carbocycles. The molecule has 1 aromatic heterocycles. The normalized spacial score (nSPS) is 18.5. The molecule has 15 heavy (non-hydrogen) atoms. The largest absolute Gasteiger partial charge is 0.265 e. The lowest BCUT2D eigenvalue weighted by Crippen LogP contribution is -2.06. The molecular formula is C8H10BrClN2O2S. The second kappa shape index (κ2) is 4.07. The van der Waals surface area contributed by atoms with Crippen LogP contribution in [0.25, 0.3) is 0 Å². The summed E-state index contributed by atoms with van der Waals surface area (Å²) in [6.07, 6.45) is 5.72. The van der Waals surface area contributed by atoms with Crippen LogP contribution in [0.5, 0.6) is 0 Å². The van der Waals surface area contributed by atoms with E-state index in [2.05, 4.69) is 21.0 Å². The number of hydrogen-bond donors (Lipinski definition) is 0. The standard InChI is InChI=1S/C8H10BrClN2O2S/c9-8-7(15(10,13)14)5-11-12(8)6-3-1-2-4-6/h5-6H,1-4H2. The summed E-state index contributed by atoms with van der Waals surface area (Å²) in [4.78, 5) is 0.0519. The fourth-order valence-corrected chi connectivity index (χ4v) is 4.11. The molecular weight excluding hydrogens is 304 g/mol. The van der Waals surface area contributed by atoms with Crippen molar-refractivity contribution >= 4 is 35.7 Å². The lowest BCUT2D eigenvalue weighted by molar-refractivity contribution is 0.457.